The average Bonchev–Trinajstić information content (AvgIpc) is 3.44. The first-order valence-electron chi connectivity index (χ1n) is 16.7. The van der Waals surface area contributed by atoms with Crippen molar-refractivity contribution in [3.63, 3.8) is 0 Å². The van der Waals surface area contributed by atoms with Crippen molar-refractivity contribution in [2.45, 2.75) is 108 Å². The molecule has 2 aliphatic rings. The first-order chi connectivity index (χ1) is 22.4. The van der Waals surface area contributed by atoms with Crippen molar-refractivity contribution in [3.8, 4) is 0 Å². The molecule has 13 heteroatoms. The summed E-state index contributed by atoms with van der Waals surface area (Å²) in [4.78, 5) is 43.2. The molecule has 10 nitrogen and oxygen atoms in total. The minimum absolute atomic E-state index is 0.0753. The minimum atomic E-state index is -3.86. The fourth-order valence-corrected chi connectivity index (χ4v) is 8.36. The van der Waals surface area contributed by atoms with E-state index in [0.717, 1.165) is 48.8 Å². The van der Waals surface area contributed by atoms with E-state index < -0.39 is 56.2 Å². The highest BCUT2D eigenvalue weighted by Gasteiger charge is 2.46. The van der Waals surface area contributed by atoms with E-state index in [-0.39, 0.29) is 23.7 Å². The molecule has 1 aliphatic heterocycles. The maximum atomic E-state index is 14.1. The van der Waals surface area contributed by atoms with Crippen LogP contribution in [0.15, 0.2) is 42.5 Å². The number of aliphatic hydroxyl groups excluding tert-OH is 1. The van der Waals surface area contributed by atoms with Crippen molar-refractivity contribution >= 4 is 50.5 Å². The summed E-state index contributed by atoms with van der Waals surface area (Å²) < 4.78 is 24.6. The Kier molecular flexibility index (Phi) is 12.4. The van der Waals surface area contributed by atoms with E-state index in [1.807, 2.05) is 51.1 Å². The number of benzene rings is 1. The van der Waals surface area contributed by atoms with Crippen LogP contribution >= 0.6 is 22.9 Å². The van der Waals surface area contributed by atoms with E-state index in [2.05, 4.69) is 20.9 Å². The molecule has 48 heavy (non-hydrogen) atoms. The molecule has 6 unspecified atom stereocenters. The number of thiophene rings is 1. The summed E-state index contributed by atoms with van der Waals surface area (Å²) in [7, 11) is -3.86. The number of rotatable bonds is 12. The smallest absolute Gasteiger partial charge is 0.262 e. The molecule has 1 saturated carbocycles. The average molecular weight is 723 g/mol. The van der Waals surface area contributed by atoms with Crippen molar-refractivity contribution in [2.24, 2.45) is 11.8 Å². The summed E-state index contributed by atoms with van der Waals surface area (Å²) in [5.74, 6) is -0.577. The number of nitrogens with zero attached hydrogens (tertiary/aromatic N) is 1. The zero-order valence-electron chi connectivity index (χ0n) is 28.8. The molecule has 1 saturated heterocycles. The molecular formula is C35H51ClN4O6S2. The largest absolute Gasteiger partial charge is 0.390 e. The van der Waals surface area contributed by atoms with Gasteiger partial charge in [0.2, 0.25) is 11.8 Å². The Labute approximate surface area is 294 Å². The number of piperidine rings is 1. The zero-order valence-corrected chi connectivity index (χ0v) is 31.2. The minimum Gasteiger partial charge on any atom is -0.390 e. The Morgan fingerprint density at radius 1 is 1.00 bits per heavy atom. The monoisotopic (exact) mass is 722 g/mol. The fraction of sp³-hybridized carbons (Fsp3) is 0.629. The maximum Gasteiger partial charge on any atom is 0.262 e. The highest BCUT2D eigenvalue weighted by atomic mass is 35.5. The third kappa shape index (κ3) is 9.80. The van der Waals surface area contributed by atoms with Crippen LogP contribution in [-0.2, 0) is 25.8 Å². The van der Waals surface area contributed by atoms with E-state index in [9.17, 15) is 27.9 Å². The Balaban J connectivity index is 1.62. The van der Waals surface area contributed by atoms with Crippen LogP contribution in [0.2, 0.25) is 4.34 Å². The van der Waals surface area contributed by atoms with E-state index in [0.29, 0.717) is 29.1 Å². The zero-order chi connectivity index (χ0) is 35.4. The standard InChI is InChI=1S/C35H51ClN4O6S2/c1-34(2,3)39-31(42)26-19-23-14-10-11-15-24(23)20-40(26)21-27(41)25(18-22-12-8-7-9-13-22)37-33(44)30(35(4,5)48(6,45)46)38-32(43)28-16-17-29(36)47-28/h7-9,12-13,16-17,23-27,30,41H,10-11,14-15,18-21H2,1-6H3,(H,37,44)(H,38,43)(H,39,42). The summed E-state index contributed by atoms with van der Waals surface area (Å²) in [5.41, 5.74) is 0.431. The van der Waals surface area contributed by atoms with Gasteiger partial charge in [0.05, 0.1) is 32.1 Å². The van der Waals surface area contributed by atoms with Gasteiger partial charge < -0.3 is 21.1 Å². The molecule has 0 radical (unpaired) electrons. The number of hydrogen-bond donors (Lipinski definition) is 4. The van der Waals surface area contributed by atoms with Crippen molar-refractivity contribution in [1.82, 2.24) is 20.9 Å². The van der Waals surface area contributed by atoms with Gasteiger partial charge in [-0.1, -0.05) is 61.2 Å². The fourth-order valence-electron chi connectivity index (χ4n) is 6.82. The van der Waals surface area contributed by atoms with Crippen molar-refractivity contribution in [2.75, 3.05) is 19.3 Å². The molecule has 0 spiro atoms. The van der Waals surface area contributed by atoms with Crippen LogP contribution in [0.1, 0.15) is 82.0 Å². The van der Waals surface area contributed by atoms with Gasteiger partial charge in [0.25, 0.3) is 5.91 Å². The van der Waals surface area contributed by atoms with Crippen LogP contribution < -0.4 is 16.0 Å². The number of aliphatic hydroxyl groups is 1. The number of halogens is 1. The molecule has 2 aromatic rings. The van der Waals surface area contributed by atoms with E-state index in [1.165, 1.54) is 19.9 Å². The second kappa shape index (κ2) is 15.6. The lowest BCUT2D eigenvalue weighted by molar-refractivity contribution is -0.133. The Hall–Kier alpha value is -2.51. The number of likely N-dealkylation sites (tertiary alicyclic amines) is 1. The van der Waals surface area contributed by atoms with Gasteiger partial charge in [-0.05, 0) is 83.4 Å². The molecule has 1 aromatic carbocycles. The molecule has 0 bridgehead atoms. The van der Waals surface area contributed by atoms with Crippen LogP contribution in [-0.4, -0.2) is 90.0 Å². The quantitative estimate of drug-likeness (QED) is 0.257. The van der Waals surface area contributed by atoms with Crippen LogP contribution in [0.5, 0.6) is 0 Å². The molecule has 1 aromatic heterocycles. The van der Waals surface area contributed by atoms with Gasteiger partial charge in [0.1, 0.15) is 6.04 Å². The highest BCUT2D eigenvalue weighted by Crippen LogP contribution is 2.39. The first kappa shape index (κ1) is 38.3. The van der Waals surface area contributed by atoms with Gasteiger partial charge in [-0.2, -0.15) is 0 Å². The van der Waals surface area contributed by atoms with Gasteiger partial charge in [0, 0.05) is 24.9 Å². The normalized spacial score (nSPS) is 22.5. The number of nitrogens with one attached hydrogen (secondary N) is 3. The Morgan fingerprint density at radius 3 is 2.23 bits per heavy atom. The lowest BCUT2D eigenvalue weighted by atomic mass is 9.72. The number of sulfone groups is 1. The Bertz CT molecular complexity index is 1540. The molecule has 3 amide bonds. The number of carbonyl (C=O) groups excluding carboxylic acids is 3. The van der Waals surface area contributed by atoms with Gasteiger partial charge in [0.15, 0.2) is 9.84 Å². The summed E-state index contributed by atoms with van der Waals surface area (Å²) in [6.45, 7) is 9.42. The predicted molar refractivity (Wildman–Crippen MR) is 191 cm³/mol. The summed E-state index contributed by atoms with van der Waals surface area (Å²) >= 11 is 7.05. The summed E-state index contributed by atoms with van der Waals surface area (Å²) in [5, 5.41) is 20.6. The number of hydrogen-bond acceptors (Lipinski definition) is 8. The van der Waals surface area contributed by atoms with Gasteiger partial charge in [-0.25, -0.2) is 8.42 Å². The second-order valence-corrected chi connectivity index (χ2v) is 19.3. The maximum absolute atomic E-state index is 14.1. The summed E-state index contributed by atoms with van der Waals surface area (Å²) in [6.07, 6.45) is 5.32. The molecule has 1 aliphatic carbocycles. The highest BCUT2D eigenvalue weighted by molar-refractivity contribution is 7.92. The van der Waals surface area contributed by atoms with Crippen LogP contribution in [0.3, 0.4) is 0 Å². The molecular weight excluding hydrogens is 672 g/mol. The molecule has 6 atom stereocenters. The molecule has 4 N–H and O–H groups in total. The van der Waals surface area contributed by atoms with Gasteiger partial charge >= 0.3 is 0 Å². The van der Waals surface area contributed by atoms with Crippen LogP contribution in [0.25, 0.3) is 0 Å². The van der Waals surface area contributed by atoms with Crippen molar-refractivity contribution in [3.05, 3.63) is 57.2 Å². The van der Waals surface area contributed by atoms with Gasteiger partial charge in [-0.15, -0.1) is 11.3 Å². The lowest BCUT2D eigenvalue weighted by Crippen LogP contribution is -2.64. The van der Waals surface area contributed by atoms with Crippen molar-refractivity contribution < 1.29 is 27.9 Å². The summed E-state index contributed by atoms with van der Waals surface area (Å²) in [6, 6.07) is 9.66. The molecule has 2 fully saturated rings. The molecule has 4 rings (SSSR count). The van der Waals surface area contributed by atoms with Crippen LogP contribution in [0, 0.1) is 11.8 Å². The van der Waals surface area contributed by atoms with Crippen molar-refractivity contribution in [1.29, 1.82) is 0 Å². The first-order valence-corrected chi connectivity index (χ1v) is 19.8. The molecule has 2 heterocycles. The lowest BCUT2D eigenvalue weighted by Gasteiger charge is -2.47. The van der Waals surface area contributed by atoms with E-state index in [4.69, 9.17) is 11.6 Å². The number of carbonyl (C=O) groups is 3. The number of β-amino-alcohol motifs (C(OH)–C–C–N with tert-alkyl or cyclic N) is 1. The van der Waals surface area contributed by atoms with E-state index >= 15 is 0 Å². The number of amides is 3. The predicted octanol–water partition coefficient (Wildman–Crippen LogP) is 4.21. The second-order valence-electron chi connectivity index (χ2n) is 15.0. The van der Waals surface area contributed by atoms with Gasteiger partial charge in [-0.3, -0.25) is 19.3 Å². The SMILES string of the molecule is CC(C)(C)NC(=O)C1CC2CCCCC2CN1CC(O)C(Cc1ccccc1)NC(=O)C(NC(=O)c1ccc(Cl)s1)C(C)(C)S(C)(=O)=O. The van der Waals surface area contributed by atoms with E-state index in [1.54, 1.807) is 6.07 Å². The van der Waals surface area contributed by atoms with Crippen LogP contribution in [0.4, 0.5) is 0 Å². The Morgan fingerprint density at radius 2 is 1.65 bits per heavy atom. The number of fused-ring (bicyclic) bond motifs is 1. The topological polar surface area (TPSA) is 145 Å². The molecule has 266 valence electrons. The third-order valence-corrected chi connectivity index (χ3v) is 13.2. The third-order valence-electron chi connectivity index (χ3n) is 9.80.